The average Bonchev–Trinajstić information content (AvgIpc) is 2.95. The van der Waals surface area contributed by atoms with E-state index >= 15 is 0 Å². The van der Waals surface area contributed by atoms with Crippen LogP contribution in [0.15, 0.2) is 97.4 Å². The predicted molar refractivity (Wildman–Crippen MR) is 149 cm³/mol. The van der Waals surface area contributed by atoms with Gasteiger partial charge in [-0.05, 0) is 92.3 Å². The molecule has 0 aliphatic heterocycles. The van der Waals surface area contributed by atoms with Gasteiger partial charge in [0.15, 0.2) is 0 Å². The fourth-order valence-corrected chi connectivity index (χ4v) is 3.47. The maximum Gasteiger partial charge on any atom is 0.366 e. The zero-order valence-electron chi connectivity index (χ0n) is 22.3. The third-order valence-corrected chi connectivity index (χ3v) is 5.66. The Kier molecular flexibility index (Phi) is 11.2. The third-order valence-electron chi connectivity index (χ3n) is 5.66. The van der Waals surface area contributed by atoms with Crippen molar-refractivity contribution in [2.45, 2.75) is 32.6 Å². The van der Waals surface area contributed by atoms with E-state index in [1.165, 1.54) is 0 Å². The lowest BCUT2D eigenvalue weighted by Crippen LogP contribution is -2.08. The smallest absolute Gasteiger partial charge is 0.366 e. The van der Waals surface area contributed by atoms with Gasteiger partial charge >= 0.3 is 17.9 Å². The molecule has 0 saturated heterocycles. The summed E-state index contributed by atoms with van der Waals surface area (Å²) in [5.41, 5.74) is 2.53. The summed E-state index contributed by atoms with van der Waals surface area (Å²) < 4.78 is 33.6. The molecule has 3 aromatic rings. The van der Waals surface area contributed by atoms with E-state index in [0.717, 1.165) is 30.4 Å². The lowest BCUT2D eigenvalue weighted by molar-refractivity contribution is -0.140. The largest absolute Gasteiger partial charge is 0.494 e. The van der Waals surface area contributed by atoms with Gasteiger partial charge in [-0.1, -0.05) is 37.4 Å². The fraction of sp³-hybridized carbons (Fsp3) is 0.219. The van der Waals surface area contributed by atoms with E-state index in [9.17, 15) is 18.8 Å². The van der Waals surface area contributed by atoms with E-state index < -0.39 is 23.7 Å². The molecular weight excluding hydrogens is 515 g/mol. The third kappa shape index (κ3) is 9.54. The SMILES string of the molecule is C=C(C)C(=O)Oc1ccc(-c2ccc(OC(=O)c3ccc(OCCCCCCOC(=O)C(=C)F)cc3)cc2)cc1. The lowest BCUT2D eigenvalue weighted by atomic mass is 10.1. The van der Waals surface area contributed by atoms with Crippen LogP contribution in [0.2, 0.25) is 0 Å². The second-order valence-electron chi connectivity index (χ2n) is 8.94. The Balaban J connectivity index is 1.40. The predicted octanol–water partition coefficient (Wildman–Crippen LogP) is 7.02. The lowest BCUT2D eigenvalue weighted by Gasteiger charge is -2.09. The van der Waals surface area contributed by atoms with Crippen LogP contribution in [0.5, 0.6) is 17.2 Å². The first-order valence-corrected chi connectivity index (χ1v) is 12.8. The first kappa shape index (κ1) is 29.8. The molecule has 3 rings (SSSR count). The Morgan fingerprint density at radius 2 is 1.15 bits per heavy atom. The highest BCUT2D eigenvalue weighted by Gasteiger charge is 2.10. The van der Waals surface area contributed by atoms with Gasteiger partial charge < -0.3 is 18.9 Å². The summed E-state index contributed by atoms with van der Waals surface area (Å²) >= 11 is 0. The van der Waals surface area contributed by atoms with Gasteiger partial charge in [-0.25, -0.2) is 14.4 Å². The van der Waals surface area contributed by atoms with Crippen molar-refractivity contribution in [3.63, 3.8) is 0 Å². The van der Waals surface area contributed by atoms with Gasteiger partial charge in [-0.15, -0.1) is 0 Å². The number of hydrogen-bond acceptors (Lipinski definition) is 7. The molecule has 0 fully saturated rings. The van der Waals surface area contributed by atoms with Crippen LogP contribution in [0, 0.1) is 0 Å². The summed E-state index contributed by atoms with van der Waals surface area (Å²) in [6.07, 6.45) is 3.13. The molecule has 3 aromatic carbocycles. The van der Waals surface area contributed by atoms with Gasteiger partial charge in [0.05, 0.1) is 18.8 Å². The molecule has 0 radical (unpaired) electrons. The Morgan fingerprint density at radius 3 is 1.68 bits per heavy atom. The second-order valence-corrected chi connectivity index (χ2v) is 8.94. The maximum atomic E-state index is 12.6. The van der Waals surface area contributed by atoms with Crippen LogP contribution in [0.25, 0.3) is 11.1 Å². The van der Waals surface area contributed by atoms with Gasteiger partial charge in [0.1, 0.15) is 17.2 Å². The second kappa shape index (κ2) is 15.0. The van der Waals surface area contributed by atoms with E-state index in [2.05, 4.69) is 13.2 Å². The number of carbonyl (C=O) groups is 3. The van der Waals surface area contributed by atoms with Gasteiger partial charge in [0.2, 0.25) is 5.83 Å². The number of carbonyl (C=O) groups excluding carboxylic acids is 3. The maximum absolute atomic E-state index is 12.6. The van der Waals surface area contributed by atoms with Crippen molar-refractivity contribution in [2.75, 3.05) is 13.2 Å². The molecule has 0 N–H and O–H groups in total. The van der Waals surface area contributed by atoms with E-state index in [4.69, 9.17) is 18.9 Å². The number of rotatable bonds is 14. The quantitative estimate of drug-likeness (QED) is 0.0929. The minimum absolute atomic E-state index is 0.161. The van der Waals surface area contributed by atoms with Gasteiger partial charge in [0, 0.05) is 5.57 Å². The molecule has 0 aromatic heterocycles. The molecule has 0 bridgehead atoms. The Hall–Kier alpha value is -4.72. The van der Waals surface area contributed by atoms with Crippen LogP contribution in [0.1, 0.15) is 43.0 Å². The summed E-state index contributed by atoms with van der Waals surface area (Å²) in [5.74, 6) is -1.59. The molecule has 0 aliphatic rings. The molecule has 0 amide bonds. The summed E-state index contributed by atoms with van der Waals surface area (Å²) in [6, 6.07) is 20.9. The van der Waals surface area contributed by atoms with Gasteiger partial charge in [-0.2, -0.15) is 4.39 Å². The van der Waals surface area contributed by atoms with Crippen molar-refractivity contribution < 1.29 is 37.7 Å². The topological polar surface area (TPSA) is 88.1 Å². The Labute approximate surface area is 232 Å². The van der Waals surface area contributed by atoms with Crippen LogP contribution in [0.3, 0.4) is 0 Å². The number of halogens is 1. The zero-order valence-corrected chi connectivity index (χ0v) is 22.3. The van der Waals surface area contributed by atoms with E-state index in [-0.39, 0.29) is 6.61 Å². The number of benzene rings is 3. The molecule has 0 heterocycles. The summed E-state index contributed by atoms with van der Waals surface area (Å²) in [5, 5.41) is 0. The first-order valence-electron chi connectivity index (χ1n) is 12.8. The van der Waals surface area contributed by atoms with E-state index in [0.29, 0.717) is 41.4 Å². The van der Waals surface area contributed by atoms with Crippen molar-refractivity contribution in [1.29, 1.82) is 0 Å². The fourth-order valence-electron chi connectivity index (χ4n) is 3.47. The van der Waals surface area contributed by atoms with Crippen molar-refractivity contribution in [2.24, 2.45) is 0 Å². The van der Waals surface area contributed by atoms with Crippen molar-refractivity contribution in [1.82, 2.24) is 0 Å². The van der Waals surface area contributed by atoms with Crippen LogP contribution in [-0.2, 0) is 14.3 Å². The number of unbranched alkanes of at least 4 members (excludes halogenated alkanes) is 3. The molecule has 40 heavy (non-hydrogen) atoms. The standard InChI is InChI=1S/C32H31FO7/c1-22(2)30(34)39-28-16-8-24(9-17-28)25-10-18-29(19-11-25)40-32(36)26-12-14-27(15-13-26)37-20-6-4-5-7-21-38-31(35)23(3)33/h8-19H,1,3-7,20-21H2,2H3. The van der Waals surface area contributed by atoms with Crippen molar-refractivity contribution in [3.8, 4) is 28.4 Å². The summed E-state index contributed by atoms with van der Waals surface area (Å²) in [7, 11) is 0. The highest BCUT2D eigenvalue weighted by atomic mass is 19.1. The van der Waals surface area contributed by atoms with Crippen LogP contribution in [0.4, 0.5) is 4.39 Å². The normalized spacial score (nSPS) is 10.3. The zero-order chi connectivity index (χ0) is 28.9. The molecule has 7 nitrogen and oxygen atoms in total. The average molecular weight is 547 g/mol. The monoisotopic (exact) mass is 546 g/mol. The van der Waals surface area contributed by atoms with Crippen molar-refractivity contribution >= 4 is 17.9 Å². The molecule has 0 saturated carbocycles. The highest BCUT2D eigenvalue weighted by Crippen LogP contribution is 2.25. The van der Waals surface area contributed by atoms with Crippen molar-refractivity contribution in [3.05, 3.63) is 103 Å². The molecule has 8 heteroatoms. The molecule has 208 valence electrons. The number of ether oxygens (including phenoxy) is 4. The van der Waals surface area contributed by atoms with Crippen LogP contribution >= 0.6 is 0 Å². The molecule has 0 atom stereocenters. The minimum atomic E-state index is -1.09. The summed E-state index contributed by atoms with van der Waals surface area (Å²) in [6.45, 7) is 8.70. The van der Waals surface area contributed by atoms with Crippen LogP contribution in [-0.4, -0.2) is 31.1 Å². The first-order chi connectivity index (χ1) is 19.2. The number of esters is 3. The van der Waals surface area contributed by atoms with Gasteiger partial charge in [-0.3, -0.25) is 0 Å². The Bertz CT molecular complexity index is 1330. The van der Waals surface area contributed by atoms with E-state index in [1.54, 1.807) is 55.5 Å². The molecular formula is C32H31FO7. The highest BCUT2D eigenvalue weighted by molar-refractivity contribution is 5.91. The number of hydrogen-bond donors (Lipinski definition) is 0. The Morgan fingerprint density at radius 1 is 0.650 bits per heavy atom. The molecule has 0 spiro atoms. The van der Waals surface area contributed by atoms with Gasteiger partial charge in [0.25, 0.3) is 0 Å². The summed E-state index contributed by atoms with van der Waals surface area (Å²) in [4.78, 5) is 35.1. The molecule has 0 unspecified atom stereocenters. The molecule has 0 aliphatic carbocycles. The minimum Gasteiger partial charge on any atom is -0.494 e. The van der Waals surface area contributed by atoms with Crippen LogP contribution < -0.4 is 14.2 Å². The van der Waals surface area contributed by atoms with E-state index in [1.807, 2.05) is 24.3 Å².